The van der Waals surface area contributed by atoms with Gasteiger partial charge in [-0.2, -0.15) is 0 Å². The number of nitrogens with one attached hydrogen (secondary N) is 1. The number of hydrogen-bond acceptors (Lipinski definition) is 6. The van der Waals surface area contributed by atoms with E-state index in [0.717, 1.165) is 30.6 Å². The van der Waals surface area contributed by atoms with Gasteiger partial charge in [0.25, 0.3) is 0 Å². The summed E-state index contributed by atoms with van der Waals surface area (Å²) in [7, 11) is 0. The van der Waals surface area contributed by atoms with E-state index >= 15 is 0 Å². The molecule has 0 aliphatic carbocycles. The molecule has 2 aromatic heterocycles. The van der Waals surface area contributed by atoms with Crippen LogP contribution in [0.25, 0.3) is 0 Å². The summed E-state index contributed by atoms with van der Waals surface area (Å²) >= 11 is 1.43. The highest BCUT2D eigenvalue weighted by Crippen LogP contribution is 2.21. The van der Waals surface area contributed by atoms with E-state index in [1.807, 2.05) is 12.3 Å². The van der Waals surface area contributed by atoms with Crippen LogP contribution in [0.4, 0.5) is 5.13 Å². The van der Waals surface area contributed by atoms with E-state index in [1.165, 1.54) is 11.3 Å². The van der Waals surface area contributed by atoms with Crippen molar-refractivity contribution in [3.8, 4) is 0 Å². The molecular weight excluding hydrogens is 276 g/mol. The van der Waals surface area contributed by atoms with Crippen molar-refractivity contribution >= 4 is 22.4 Å². The second kappa shape index (κ2) is 5.72. The van der Waals surface area contributed by atoms with Gasteiger partial charge in [-0.15, -0.1) is 11.3 Å². The van der Waals surface area contributed by atoms with E-state index in [1.54, 1.807) is 12.5 Å². The Bertz CT molecular complexity index is 581. The highest BCUT2D eigenvalue weighted by atomic mass is 32.1. The average molecular weight is 292 g/mol. The fraction of sp³-hybridized carbons (Fsp3) is 0.462. The summed E-state index contributed by atoms with van der Waals surface area (Å²) < 4.78 is 4.99. The first-order chi connectivity index (χ1) is 9.78. The number of anilines is 1. The van der Waals surface area contributed by atoms with Crippen molar-refractivity contribution in [2.75, 3.05) is 11.9 Å². The van der Waals surface area contributed by atoms with Crippen molar-refractivity contribution in [3.63, 3.8) is 0 Å². The normalized spacial score (nSPS) is 16.6. The van der Waals surface area contributed by atoms with E-state index in [9.17, 15) is 4.79 Å². The van der Waals surface area contributed by atoms with Gasteiger partial charge in [-0.3, -0.25) is 9.69 Å². The van der Waals surface area contributed by atoms with Gasteiger partial charge >= 0.3 is 0 Å². The van der Waals surface area contributed by atoms with Crippen molar-refractivity contribution in [1.29, 1.82) is 0 Å². The van der Waals surface area contributed by atoms with E-state index in [2.05, 4.69) is 20.4 Å². The highest BCUT2D eigenvalue weighted by Gasteiger charge is 2.29. The molecule has 0 unspecified atom stereocenters. The first kappa shape index (κ1) is 13.3. The SMILES string of the molecule is CC[C@H](C(=O)Nc1nccs1)N1CCc2nocc2C1. The minimum atomic E-state index is -0.151. The molecule has 0 radical (unpaired) electrons. The van der Waals surface area contributed by atoms with Crippen LogP contribution in [0.3, 0.4) is 0 Å². The second-order valence-corrected chi connectivity index (χ2v) is 5.65. The number of rotatable bonds is 4. The van der Waals surface area contributed by atoms with Crippen molar-refractivity contribution < 1.29 is 9.32 Å². The molecule has 0 aromatic carbocycles. The van der Waals surface area contributed by atoms with Gasteiger partial charge in [0.1, 0.15) is 6.26 Å². The Morgan fingerprint density at radius 2 is 2.55 bits per heavy atom. The second-order valence-electron chi connectivity index (χ2n) is 4.76. The Morgan fingerprint density at radius 1 is 1.65 bits per heavy atom. The van der Waals surface area contributed by atoms with Gasteiger partial charge in [-0.25, -0.2) is 4.98 Å². The molecule has 1 aliphatic heterocycles. The number of fused-ring (bicyclic) bond motifs is 1. The lowest BCUT2D eigenvalue weighted by Crippen LogP contribution is -2.45. The van der Waals surface area contributed by atoms with Gasteiger partial charge in [0.15, 0.2) is 5.13 Å². The van der Waals surface area contributed by atoms with E-state index in [4.69, 9.17) is 4.52 Å². The minimum Gasteiger partial charge on any atom is -0.364 e. The summed E-state index contributed by atoms with van der Waals surface area (Å²) in [5.74, 6) is 0.00218. The summed E-state index contributed by atoms with van der Waals surface area (Å²) in [4.78, 5) is 18.6. The van der Waals surface area contributed by atoms with Crippen LogP contribution in [0, 0.1) is 0 Å². The summed E-state index contributed by atoms with van der Waals surface area (Å²) in [6.45, 7) is 3.56. The molecular formula is C13H16N4O2S. The molecule has 1 aliphatic rings. The lowest BCUT2D eigenvalue weighted by Gasteiger charge is -2.32. The maximum atomic E-state index is 12.4. The standard InChI is InChI=1S/C13H16N4O2S/c1-2-11(12(18)15-13-14-4-6-20-13)17-5-3-10-9(7-17)8-19-16-10/h4,6,8,11H,2-3,5,7H2,1H3,(H,14,15,18)/t11-/m1/s1. The molecule has 0 saturated heterocycles. The zero-order valence-electron chi connectivity index (χ0n) is 11.2. The van der Waals surface area contributed by atoms with Crippen molar-refractivity contribution in [2.24, 2.45) is 0 Å². The van der Waals surface area contributed by atoms with Crippen molar-refractivity contribution in [2.45, 2.75) is 32.4 Å². The molecule has 3 rings (SSSR count). The third-order valence-corrected chi connectivity index (χ3v) is 4.22. The lowest BCUT2D eigenvalue weighted by molar-refractivity contribution is -0.121. The molecule has 6 nitrogen and oxygen atoms in total. The molecule has 1 amide bonds. The summed E-state index contributed by atoms with van der Waals surface area (Å²) in [6, 6.07) is -0.151. The van der Waals surface area contributed by atoms with Crippen LogP contribution < -0.4 is 5.32 Å². The molecule has 3 heterocycles. The predicted molar refractivity (Wildman–Crippen MR) is 75.4 cm³/mol. The number of thiazole rings is 1. The van der Waals surface area contributed by atoms with Crippen LogP contribution in [0.2, 0.25) is 0 Å². The zero-order valence-corrected chi connectivity index (χ0v) is 12.0. The fourth-order valence-electron chi connectivity index (χ4n) is 2.51. The molecule has 0 spiro atoms. The predicted octanol–water partition coefficient (Wildman–Crippen LogP) is 1.91. The molecule has 0 bridgehead atoms. The van der Waals surface area contributed by atoms with E-state index in [-0.39, 0.29) is 11.9 Å². The van der Waals surface area contributed by atoms with Gasteiger partial charge in [0, 0.05) is 36.7 Å². The third kappa shape index (κ3) is 2.59. The molecule has 2 aromatic rings. The van der Waals surface area contributed by atoms with Gasteiger partial charge in [-0.1, -0.05) is 12.1 Å². The highest BCUT2D eigenvalue weighted by molar-refractivity contribution is 7.13. The Hall–Kier alpha value is -1.73. The topological polar surface area (TPSA) is 71.3 Å². The number of nitrogens with zero attached hydrogens (tertiary/aromatic N) is 3. The summed E-state index contributed by atoms with van der Waals surface area (Å²) in [5, 5.41) is 9.34. The van der Waals surface area contributed by atoms with Crippen molar-refractivity contribution in [3.05, 3.63) is 29.1 Å². The number of aromatic nitrogens is 2. The van der Waals surface area contributed by atoms with E-state index < -0.39 is 0 Å². The van der Waals surface area contributed by atoms with Gasteiger partial charge in [-0.05, 0) is 6.42 Å². The van der Waals surface area contributed by atoms with Crippen LogP contribution >= 0.6 is 11.3 Å². The molecule has 1 atom stereocenters. The molecule has 106 valence electrons. The number of hydrogen-bond donors (Lipinski definition) is 1. The molecule has 0 fully saturated rings. The quantitative estimate of drug-likeness (QED) is 0.932. The van der Waals surface area contributed by atoms with Gasteiger partial charge in [0.2, 0.25) is 5.91 Å². The average Bonchev–Trinajstić information content (AvgIpc) is 3.09. The Morgan fingerprint density at radius 3 is 3.30 bits per heavy atom. The lowest BCUT2D eigenvalue weighted by atomic mass is 10.0. The van der Waals surface area contributed by atoms with E-state index in [0.29, 0.717) is 11.7 Å². The maximum Gasteiger partial charge on any atom is 0.243 e. The minimum absolute atomic E-state index is 0.00218. The molecule has 0 saturated carbocycles. The number of carbonyl (C=O) groups is 1. The smallest absolute Gasteiger partial charge is 0.243 e. The van der Waals surface area contributed by atoms with Crippen LogP contribution in [0.5, 0.6) is 0 Å². The largest absolute Gasteiger partial charge is 0.364 e. The summed E-state index contributed by atoms with van der Waals surface area (Å²) in [6.07, 6.45) is 4.95. The first-order valence-electron chi connectivity index (χ1n) is 6.64. The first-order valence-corrected chi connectivity index (χ1v) is 7.52. The number of amides is 1. The third-order valence-electron chi connectivity index (χ3n) is 3.53. The zero-order chi connectivity index (χ0) is 13.9. The van der Waals surface area contributed by atoms with Crippen LogP contribution in [-0.2, 0) is 17.8 Å². The Kier molecular flexibility index (Phi) is 3.79. The van der Waals surface area contributed by atoms with Gasteiger partial charge < -0.3 is 9.84 Å². The number of carbonyl (C=O) groups excluding carboxylic acids is 1. The Labute approximate surface area is 120 Å². The van der Waals surface area contributed by atoms with Crippen molar-refractivity contribution in [1.82, 2.24) is 15.0 Å². The summed E-state index contributed by atoms with van der Waals surface area (Å²) in [5.41, 5.74) is 2.09. The molecule has 7 heteroatoms. The Balaban J connectivity index is 1.69. The monoisotopic (exact) mass is 292 g/mol. The molecule has 20 heavy (non-hydrogen) atoms. The van der Waals surface area contributed by atoms with Crippen LogP contribution in [0.1, 0.15) is 24.6 Å². The van der Waals surface area contributed by atoms with Crippen LogP contribution in [-0.4, -0.2) is 33.5 Å². The fourth-order valence-corrected chi connectivity index (χ4v) is 3.04. The molecule has 1 N–H and O–H groups in total. The van der Waals surface area contributed by atoms with Gasteiger partial charge in [0.05, 0.1) is 11.7 Å². The van der Waals surface area contributed by atoms with Crippen LogP contribution in [0.15, 0.2) is 22.4 Å². The maximum absolute atomic E-state index is 12.4.